The number of amides is 1. The van der Waals surface area contributed by atoms with Gasteiger partial charge in [0.2, 0.25) is 5.91 Å². The molecule has 6 heteroatoms. The quantitative estimate of drug-likeness (QED) is 0.742. The molecule has 2 unspecified atom stereocenters. The molecule has 0 radical (unpaired) electrons. The Morgan fingerprint density at radius 3 is 2.68 bits per heavy atom. The summed E-state index contributed by atoms with van der Waals surface area (Å²) in [7, 11) is 0. The van der Waals surface area contributed by atoms with E-state index in [1.807, 2.05) is 12.1 Å². The maximum absolute atomic E-state index is 11.6. The maximum atomic E-state index is 11.6. The summed E-state index contributed by atoms with van der Waals surface area (Å²) >= 11 is 0. The average Bonchev–Trinajstić information content (AvgIpc) is 3.22. The van der Waals surface area contributed by atoms with E-state index in [0.29, 0.717) is 11.5 Å². The van der Waals surface area contributed by atoms with E-state index in [1.54, 1.807) is 6.07 Å². The molecule has 2 atom stereocenters. The molecule has 4 rings (SSSR count). The molecule has 2 saturated heterocycles. The van der Waals surface area contributed by atoms with E-state index in [-0.39, 0.29) is 11.3 Å². The molecule has 0 bridgehead atoms. The zero-order chi connectivity index (χ0) is 21.8. The summed E-state index contributed by atoms with van der Waals surface area (Å²) < 4.78 is 7.87. The molecule has 2 aromatic rings. The van der Waals surface area contributed by atoms with E-state index < -0.39 is 0 Å². The molecular weight excluding hydrogens is 388 g/mol. The number of ether oxygens (including phenoxy) is 1. The minimum atomic E-state index is -0.353. The van der Waals surface area contributed by atoms with Crippen molar-refractivity contribution in [2.24, 2.45) is 11.7 Å². The number of hydrogen-bond acceptors (Lipinski definition) is 4. The second kappa shape index (κ2) is 9.55. The Kier molecular flexibility index (Phi) is 6.80. The fourth-order valence-electron chi connectivity index (χ4n) is 5.03. The Morgan fingerprint density at radius 2 is 1.94 bits per heavy atom. The molecule has 2 fully saturated rings. The van der Waals surface area contributed by atoms with Crippen LogP contribution in [0.3, 0.4) is 0 Å². The van der Waals surface area contributed by atoms with E-state index in [9.17, 15) is 4.79 Å². The van der Waals surface area contributed by atoms with Crippen molar-refractivity contribution < 1.29 is 9.53 Å². The minimum Gasteiger partial charge on any atom is -0.379 e. The molecule has 0 aliphatic carbocycles. The lowest BCUT2D eigenvalue weighted by molar-refractivity contribution is 0.0361. The van der Waals surface area contributed by atoms with Crippen molar-refractivity contribution in [2.45, 2.75) is 38.8 Å². The van der Waals surface area contributed by atoms with Crippen molar-refractivity contribution in [3.63, 3.8) is 0 Å². The van der Waals surface area contributed by atoms with Crippen molar-refractivity contribution in [3.05, 3.63) is 59.4 Å². The third-order valence-electron chi connectivity index (χ3n) is 7.44. The highest BCUT2D eigenvalue weighted by atomic mass is 16.5. The Morgan fingerprint density at radius 1 is 1.13 bits per heavy atom. The first kappa shape index (κ1) is 22.1. The Bertz CT molecular complexity index is 889. The van der Waals surface area contributed by atoms with Crippen LogP contribution in [0.25, 0.3) is 0 Å². The number of nitrogens with two attached hydrogens (primary N) is 1. The third-order valence-corrected chi connectivity index (χ3v) is 7.44. The van der Waals surface area contributed by atoms with Gasteiger partial charge in [-0.3, -0.25) is 14.6 Å². The highest BCUT2D eigenvalue weighted by Gasteiger charge is 2.38. The van der Waals surface area contributed by atoms with Gasteiger partial charge in [0.25, 0.3) is 0 Å². The fourth-order valence-corrected chi connectivity index (χ4v) is 5.03. The number of benzene rings is 1. The number of nitrogens with zero attached hydrogens (tertiary/aromatic N) is 3. The molecule has 1 aromatic carbocycles. The van der Waals surface area contributed by atoms with Gasteiger partial charge >= 0.3 is 0 Å². The van der Waals surface area contributed by atoms with Gasteiger partial charge in [0.15, 0.2) is 0 Å². The molecule has 2 aliphatic rings. The molecule has 2 N–H and O–H groups in total. The van der Waals surface area contributed by atoms with Crippen LogP contribution in [0.5, 0.6) is 0 Å². The van der Waals surface area contributed by atoms with Crippen LogP contribution in [0, 0.1) is 5.92 Å². The fraction of sp³-hybridized carbons (Fsp3) is 0.560. The maximum Gasteiger partial charge on any atom is 0.248 e. The molecule has 2 aliphatic heterocycles. The number of piperidine rings is 1. The summed E-state index contributed by atoms with van der Waals surface area (Å²) in [6.07, 6.45) is 3.29. The molecule has 1 amide bonds. The molecule has 0 saturated carbocycles. The zero-order valence-electron chi connectivity index (χ0n) is 18.9. The lowest BCUT2D eigenvalue weighted by Crippen LogP contribution is -2.47. The Balaban J connectivity index is 1.37. The summed E-state index contributed by atoms with van der Waals surface area (Å²) in [6, 6.07) is 12.3. The molecule has 6 nitrogen and oxygen atoms in total. The Labute approximate surface area is 186 Å². The van der Waals surface area contributed by atoms with E-state index in [2.05, 4.69) is 52.6 Å². The third kappa shape index (κ3) is 5.03. The monoisotopic (exact) mass is 424 g/mol. The smallest absolute Gasteiger partial charge is 0.248 e. The zero-order valence-corrected chi connectivity index (χ0v) is 18.9. The van der Waals surface area contributed by atoms with Gasteiger partial charge in [0.1, 0.15) is 0 Å². The first-order valence-corrected chi connectivity index (χ1v) is 11.5. The molecule has 3 heterocycles. The van der Waals surface area contributed by atoms with Gasteiger partial charge in [-0.2, -0.15) is 0 Å². The first-order valence-electron chi connectivity index (χ1n) is 11.5. The van der Waals surface area contributed by atoms with Crippen molar-refractivity contribution >= 4 is 5.91 Å². The summed E-state index contributed by atoms with van der Waals surface area (Å²) in [6.45, 7) is 13.6. The number of carbonyl (C=O) groups is 1. The first-order chi connectivity index (χ1) is 15.0. The second-order valence-corrected chi connectivity index (χ2v) is 9.40. The van der Waals surface area contributed by atoms with Crippen LogP contribution in [0.15, 0.2) is 42.6 Å². The number of hydrogen-bond donors (Lipinski definition) is 1. The number of carbonyl (C=O) groups excluding carboxylic acids is 1. The van der Waals surface area contributed by atoms with E-state index in [0.717, 1.165) is 65.4 Å². The molecule has 1 aromatic heterocycles. The largest absolute Gasteiger partial charge is 0.379 e. The van der Waals surface area contributed by atoms with Crippen molar-refractivity contribution in [3.8, 4) is 0 Å². The second-order valence-electron chi connectivity index (χ2n) is 9.40. The average molecular weight is 425 g/mol. The minimum absolute atomic E-state index is 0.0558. The topological polar surface area (TPSA) is 63.7 Å². The van der Waals surface area contributed by atoms with Gasteiger partial charge < -0.3 is 15.0 Å². The van der Waals surface area contributed by atoms with Crippen LogP contribution < -0.4 is 5.73 Å². The van der Waals surface area contributed by atoms with Crippen LogP contribution >= 0.6 is 0 Å². The van der Waals surface area contributed by atoms with Gasteiger partial charge in [-0.1, -0.05) is 26.0 Å². The summed E-state index contributed by atoms with van der Waals surface area (Å²) in [4.78, 5) is 16.7. The van der Waals surface area contributed by atoms with E-state index in [4.69, 9.17) is 10.5 Å². The molecule has 0 spiro atoms. The van der Waals surface area contributed by atoms with E-state index in [1.165, 1.54) is 11.3 Å². The number of morpholine rings is 1. The lowest BCUT2D eigenvalue weighted by atomic mass is 9.68. The van der Waals surface area contributed by atoms with Gasteiger partial charge in [-0.05, 0) is 54.1 Å². The van der Waals surface area contributed by atoms with Crippen molar-refractivity contribution in [2.75, 3.05) is 45.9 Å². The number of rotatable bonds is 7. The van der Waals surface area contributed by atoms with Crippen molar-refractivity contribution in [1.29, 1.82) is 0 Å². The molecule has 31 heavy (non-hydrogen) atoms. The van der Waals surface area contributed by atoms with Crippen LogP contribution in [-0.2, 0) is 23.2 Å². The summed E-state index contributed by atoms with van der Waals surface area (Å²) in [5.74, 6) is 0.134. The highest BCUT2D eigenvalue weighted by Crippen LogP contribution is 2.40. The van der Waals surface area contributed by atoms with Crippen LogP contribution in [0.2, 0.25) is 0 Å². The molecular formula is C25H36N4O2. The van der Waals surface area contributed by atoms with Crippen LogP contribution in [0.4, 0.5) is 0 Å². The number of likely N-dealkylation sites (tertiary alicyclic amines) is 1. The van der Waals surface area contributed by atoms with Gasteiger partial charge in [-0.25, -0.2) is 0 Å². The standard InChI is InChI=1S/C25H36N4O2/c1-20-18-28(10-8-25(20,2)22-6-3-5-21(17-22)24(26)30)19-23-7-4-9-29(23)12-11-27-13-15-31-16-14-27/h3-7,9,17,20H,8,10-16,18-19H2,1-2H3,(H2,26,30). The van der Waals surface area contributed by atoms with Crippen LogP contribution in [0.1, 0.15) is 41.9 Å². The predicted octanol–water partition coefficient (Wildman–Crippen LogP) is 2.72. The van der Waals surface area contributed by atoms with Crippen molar-refractivity contribution in [1.82, 2.24) is 14.4 Å². The SMILES string of the molecule is CC1CN(Cc2cccn2CCN2CCOCC2)CCC1(C)c1cccc(C(N)=O)c1. The number of primary amides is 1. The van der Waals surface area contributed by atoms with Gasteiger partial charge in [-0.15, -0.1) is 0 Å². The number of aromatic nitrogens is 1. The Hall–Kier alpha value is -2.15. The predicted molar refractivity (Wildman–Crippen MR) is 123 cm³/mol. The summed E-state index contributed by atoms with van der Waals surface area (Å²) in [5, 5.41) is 0. The molecule has 168 valence electrons. The van der Waals surface area contributed by atoms with Gasteiger partial charge in [0.05, 0.1) is 13.2 Å². The van der Waals surface area contributed by atoms with E-state index >= 15 is 0 Å². The van der Waals surface area contributed by atoms with Gasteiger partial charge in [0, 0.05) is 56.7 Å². The highest BCUT2D eigenvalue weighted by molar-refractivity contribution is 5.92. The summed E-state index contributed by atoms with van der Waals surface area (Å²) in [5.41, 5.74) is 8.79. The normalized spacial score (nSPS) is 25.5. The van der Waals surface area contributed by atoms with Crippen LogP contribution in [-0.4, -0.2) is 66.2 Å². The lowest BCUT2D eigenvalue weighted by Gasteiger charge is -2.45.